The number of aryl methyl sites for hydroxylation is 1. The minimum Gasteiger partial charge on any atom is -0.382 e. The van der Waals surface area contributed by atoms with Gasteiger partial charge in [0.05, 0.1) is 0 Å². The van der Waals surface area contributed by atoms with Crippen LogP contribution in [-0.4, -0.2) is 26.7 Å². The lowest BCUT2D eigenvalue weighted by molar-refractivity contribution is -0.0215. The molecule has 4 heteroatoms. The number of piperidine rings is 1. The SMILES string of the molecule is Cn1ccnc1C1(O)C[C@@H]2CC[C@@H](C1)N2. The highest BCUT2D eigenvalue weighted by atomic mass is 16.3. The predicted molar refractivity (Wildman–Crippen MR) is 56.3 cm³/mol. The molecule has 2 saturated heterocycles. The predicted octanol–water partition coefficient (Wildman–Crippen LogP) is 0.522. The van der Waals surface area contributed by atoms with Gasteiger partial charge in [0.25, 0.3) is 0 Å². The van der Waals surface area contributed by atoms with Gasteiger partial charge in [-0.15, -0.1) is 0 Å². The average molecular weight is 207 g/mol. The summed E-state index contributed by atoms with van der Waals surface area (Å²) in [4.78, 5) is 4.29. The van der Waals surface area contributed by atoms with E-state index in [9.17, 15) is 5.11 Å². The Balaban J connectivity index is 1.94. The molecule has 2 aliphatic rings. The van der Waals surface area contributed by atoms with Gasteiger partial charge in [0.1, 0.15) is 11.4 Å². The molecule has 0 radical (unpaired) electrons. The molecule has 3 heterocycles. The van der Waals surface area contributed by atoms with Crippen LogP contribution in [0.3, 0.4) is 0 Å². The van der Waals surface area contributed by atoms with Crippen molar-refractivity contribution < 1.29 is 5.11 Å². The highest BCUT2D eigenvalue weighted by Crippen LogP contribution is 2.39. The number of hydrogen-bond donors (Lipinski definition) is 2. The third-order valence-electron chi connectivity index (χ3n) is 3.74. The van der Waals surface area contributed by atoms with Crippen LogP contribution < -0.4 is 5.32 Å². The minimum atomic E-state index is -0.713. The number of nitrogens with one attached hydrogen (secondary N) is 1. The summed E-state index contributed by atoms with van der Waals surface area (Å²) in [6.07, 6.45) is 7.64. The molecular weight excluding hydrogens is 190 g/mol. The lowest BCUT2D eigenvalue weighted by Crippen LogP contribution is -2.47. The molecule has 82 valence electrons. The van der Waals surface area contributed by atoms with E-state index in [0.29, 0.717) is 12.1 Å². The van der Waals surface area contributed by atoms with E-state index in [1.807, 2.05) is 17.8 Å². The summed E-state index contributed by atoms with van der Waals surface area (Å²) >= 11 is 0. The lowest BCUT2D eigenvalue weighted by atomic mass is 9.87. The van der Waals surface area contributed by atoms with Crippen molar-refractivity contribution >= 4 is 0 Å². The first-order valence-electron chi connectivity index (χ1n) is 5.64. The number of imidazole rings is 1. The molecule has 1 aromatic heterocycles. The summed E-state index contributed by atoms with van der Waals surface area (Å²) in [6, 6.07) is 0.955. The summed E-state index contributed by atoms with van der Waals surface area (Å²) < 4.78 is 1.94. The van der Waals surface area contributed by atoms with E-state index in [1.165, 1.54) is 12.8 Å². The Labute approximate surface area is 89.3 Å². The van der Waals surface area contributed by atoms with Gasteiger partial charge < -0.3 is 15.0 Å². The third-order valence-corrected chi connectivity index (χ3v) is 3.74. The Morgan fingerprint density at radius 1 is 1.47 bits per heavy atom. The van der Waals surface area contributed by atoms with Crippen LogP contribution in [0.2, 0.25) is 0 Å². The molecule has 3 rings (SSSR count). The van der Waals surface area contributed by atoms with Crippen LogP contribution in [0.4, 0.5) is 0 Å². The molecule has 1 aromatic rings. The Morgan fingerprint density at radius 3 is 2.67 bits per heavy atom. The molecule has 15 heavy (non-hydrogen) atoms. The van der Waals surface area contributed by atoms with Gasteiger partial charge in [0, 0.05) is 31.5 Å². The Bertz CT molecular complexity index is 362. The fourth-order valence-corrected chi connectivity index (χ4v) is 3.12. The van der Waals surface area contributed by atoms with Crippen LogP contribution in [-0.2, 0) is 12.6 Å². The number of fused-ring (bicyclic) bond motifs is 2. The Morgan fingerprint density at radius 2 is 2.13 bits per heavy atom. The molecule has 2 N–H and O–H groups in total. The van der Waals surface area contributed by atoms with Crippen molar-refractivity contribution in [3.63, 3.8) is 0 Å². The maximum Gasteiger partial charge on any atom is 0.140 e. The smallest absolute Gasteiger partial charge is 0.140 e. The summed E-state index contributed by atoms with van der Waals surface area (Å²) in [7, 11) is 1.95. The third kappa shape index (κ3) is 1.40. The second-order valence-corrected chi connectivity index (χ2v) is 4.94. The Hall–Kier alpha value is -0.870. The first kappa shape index (κ1) is 9.36. The van der Waals surface area contributed by atoms with Gasteiger partial charge in [-0.25, -0.2) is 4.98 Å². The van der Waals surface area contributed by atoms with E-state index in [1.54, 1.807) is 6.20 Å². The Kier molecular flexibility index (Phi) is 1.91. The quantitative estimate of drug-likeness (QED) is 0.706. The molecule has 0 amide bonds. The molecule has 0 saturated carbocycles. The van der Waals surface area contributed by atoms with Gasteiger partial charge >= 0.3 is 0 Å². The number of nitrogens with zero attached hydrogens (tertiary/aromatic N) is 2. The zero-order valence-corrected chi connectivity index (χ0v) is 8.98. The van der Waals surface area contributed by atoms with Crippen LogP contribution in [0.5, 0.6) is 0 Å². The fraction of sp³-hybridized carbons (Fsp3) is 0.727. The van der Waals surface area contributed by atoms with Crippen LogP contribution in [0.15, 0.2) is 12.4 Å². The number of hydrogen-bond acceptors (Lipinski definition) is 3. The van der Waals surface area contributed by atoms with Gasteiger partial charge in [-0.3, -0.25) is 0 Å². The van der Waals surface area contributed by atoms with E-state index in [2.05, 4.69) is 10.3 Å². The van der Waals surface area contributed by atoms with Crippen molar-refractivity contribution in [3.05, 3.63) is 18.2 Å². The molecule has 2 aliphatic heterocycles. The zero-order chi connectivity index (χ0) is 10.5. The van der Waals surface area contributed by atoms with Gasteiger partial charge in [-0.1, -0.05) is 0 Å². The summed E-state index contributed by atoms with van der Waals surface area (Å²) in [6.45, 7) is 0. The first-order valence-corrected chi connectivity index (χ1v) is 5.64. The van der Waals surface area contributed by atoms with Crippen molar-refractivity contribution in [3.8, 4) is 0 Å². The topological polar surface area (TPSA) is 50.1 Å². The molecule has 0 spiro atoms. The maximum absolute atomic E-state index is 10.7. The van der Waals surface area contributed by atoms with E-state index < -0.39 is 5.60 Å². The van der Waals surface area contributed by atoms with E-state index >= 15 is 0 Å². The summed E-state index contributed by atoms with van der Waals surface area (Å²) in [5.74, 6) is 0.820. The molecule has 0 aliphatic carbocycles. The van der Waals surface area contributed by atoms with Crippen LogP contribution in [0, 0.1) is 0 Å². The standard InChI is InChI=1S/C11H17N3O/c1-14-5-4-12-10(14)11(15)6-8-2-3-9(7-11)13-8/h4-5,8-9,13,15H,2-3,6-7H2,1H3/t8-,9-/m0/s1. The van der Waals surface area contributed by atoms with Crippen molar-refractivity contribution in [2.45, 2.75) is 43.4 Å². The first-order chi connectivity index (χ1) is 7.17. The van der Waals surface area contributed by atoms with Gasteiger partial charge in [0.15, 0.2) is 0 Å². The largest absolute Gasteiger partial charge is 0.382 e. The molecule has 2 atom stereocenters. The normalized spacial score (nSPS) is 39.6. The maximum atomic E-state index is 10.7. The van der Waals surface area contributed by atoms with Crippen LogP contribution >= 0.6 is 0 Å². The van der Waals surface area contributed by atoms with Crippen molar-refractivity contribution in [2.75, 3.05) is 0 Å². The number of aliphatic hydroxyl groups is 1. The van der Waals surface area contributed by atoms with Crippen molar-refractivity contribution in [1.82, 2.24) is 14.9 Å². The molecule has 0 aromatic carbocycles. The van der Waals surface area contributed by atoms with Crippen LogP contribution in [0.25, 0.3) is 0 Å². The monoisotopic (exact) mass is 207 g/mol. The molecule has 0 unspecified atom stereocenters. The molecule has 2 bridgehead atoms. The summed E-state index contributed by atoms with van der Waals surface area (Å²) in [5, 5.41) is 14.2. The lowest BCUT2D eigenvalue weighted by Gasteiger charge is -2.36. The molecular formula is C11H17N3O. The molecule has 2 fully saturated rings. The van der Waals surface area contributed by atoms with E-state index in [-0.39, 0.29) is 0 Å². The van der Waals surface area contributed by atoms with Gasteiger partial charge in [-0.05, 0) is 25.7 Å². The van der Waals surface area contributed by atoms with Crippen LogP contribution in [0.1, 0.15) is 31.5 Å². The van der Waals surface area contributed by atoms with Crippen molar-refractivity contribution in [1.29, 1.82) is 0 Å². The zero-order valence-electron chi connectivity index (χ0n) is 8.98. The fourth-order valence-electron chi connectivity index (χ4n) is 3.12. The second kappa shape index (κ2) is 3.06. The van der Waals surface area contributed by atoms with E-state index in [4.69, 9.17) is 0 Å². The summed E-state index contributed by atoms with van der Waals surface area (Å²) in [5.41, 5.74) is -0.713. The van der Waals surface area contributed by atoms with E-state index in [0.717, 1.165) is 18.7 Å². The van der Waals surface area contributed by atoms with Gasteiger partial charge in [0.2, 0.25) is 0 Å². The minimum absolute atomic E-state index is 0.477. The van der Waals surface area contributed by atoms with Crippen molar-refractivity contribution in [2.24, 2.45) is 7.05 Å². The number of aromatic nitrogens is 2. The second-order valence-electron chi connectivity index (χ2n) is 4.94. The highest BCUT2D eigenvalue weighted by Gasteiger charge is 2.45. The molecule has 4 nitrogen and oxygen atoms in total. The highest BCUT2D eigenvalue weighted by molar-refractivity contribution is 5.11. The van der Waals surface area contributed by atoms with Gasteiger partial charge in [-0.2, -0.15) is 0 Å². The number of rotatable bonds is 1. The average Bonchev–Trinajstić information content (AvgIpc) is 2.73.